The fourth-order valence-corrected chi connectivity index (χ4v) is 1.88. The minimum absolute atomic E-state index is 0.101. The Kier molecular flexibility index (Phi) is 4.54. The molecule has 0 fully saturated rings. The molecule has 1 rings (SSSR count). The molecule has 1 unspecified atom stereocenters. The van der Waals surface area contributed by atoms with Gasteiger partial charge in [0.05, 0.1) is 4.92 Å². The minimum atomic E-state index is -0.404. The maximum atomic E-state index is 10.5. The maximum absolute atomic E-state index is 10.5. The second kappa shape index (κ2) is 5.47. The van der Waals surface area contributed by atoms with Crippen molar-refractivity contribution in [2.45, 2.75) is 25.1 Å². The van der Waals surface area contributed by atoms with Crippen LogP contribution in [0.2, 0.25) is 0 Å². The van der Waals surface area contributed by atoms with Crippen LogP contribution in [-0.4, -0.2) is 10.3 Å². The third kappa shape index (κ3) is 3.80. The molecule has 0 spiro atoms. The Morgan fingerprint density at radius 2 is 2.27 bits per heavy atom. The highest BCUT2D eigenvalue weighted by Crippen LogP contribution is 2.24. The standard InChI is InChI=1S/C10H11BrClNO2/c1-7(12)2-3-8-4-5-9(13(14)15)6-10(8)11/h4-7H,2-3H2,1H3. The molecule has 0 aliphatic heterocycles. The largest absolute Gasteiger partial charge is 0.270 e. The average molecular weight is 293 g/mol. The van der Waals surface area contributed by atoms with Crippen LogP contribution < -0.4 is 0 Å². The lowest BCUT2D eigenvalue weighted by Gasteiger charge is -2.05. The Hall–Kier alpha value is -0.610. The van der Waals surface area contributed by atoms with Gasteiger partial charge in [-0.1, -0.05) is 22.0 Å². The third-order valence-corrected chi connectivity index (χ3v) is 3.02. The molecule has 5 heteroatoms. The smallest absolute Gasteiger partial charge is 0.258 e. The highest BCUT2D eigenvalue weighted by atomic mass is 79.9. The van der Waals surface area contributed by atoms with Crippen LogP contribution in [0.1, 0.15) is 18.9 Å². The molecule has 1 aromatic carbocycles. The number of hydrogen-bond acceptors (Lipinski definition) is 2. The van der Waals surface area contributed by atoms with Gasteiger partial charge >= 0.3 is 0 Å². The third-order valence-electron chi connectivity index (χ3n) is 2.06. The predicted octanol–water partition coefficient (Wildman–Crippen LogP) is 3.92. The van der Waals surface area contributed by atoms with Crippen molar-refractivity contribution >= 4 is 33.2 Å². The van der Waals surface area contributed by atoms with Gasteiger partial charge in [-0.05, 0) is 25.3 Å². The second-order valence-corrected chi connectivity index (χ2v) is 4.95. The van der Waals surface area contributed by atoms with Crippen molar-refractivity contribution in [2.75, 3.05) is 0 Å². The fourth-order valence-electron chi connectivity index (χ4n) is 1.21. The zero-order chi connectivity index (χ0) is 11.4. The number of halogens is 2. The normalized spacial score (nSPS) is 12.5. The van der Waals surface area contributed by atoms with E-state index in [0.29, 0.717) is 0 Å². The van der Waals surface area contributed by atoms with E-state index < -0.39 is 4.92 Å². The fraction of sp³-hybridized carbons (Fsp3) is 0.400. The molecule has 0 heterocycles. The first-order valence-corrected chi connectivity index (χ1v) is 5.80. The summed E-state index contributed by atoms with van der Waals surface area (Å²) in [7, 11) is 0. The number of nitrogens with zero attached hydrogens (tertiary/aromatic N) is 1. The first kappa shape index (κ1) is 12.5. The average Bonchev–Trinajstić information content (AvgIpc) is 2.15. The number of nitro benzene ring substituents is 1. The molecule has 0 saturated carbocycles. The predicted molar refractivity (Wildman–Crippen MR) is 64.4 cm³/mol. The first-order valence-electron chi connectivity index (χ1n) is 4.57. The van der Waals surface area contributed by atoms with Gasteiger partial charge in [0.15, 0.2) is 0 Å². The first-order chi connectivity index (χ1) is 7.00. The maximum Gasteiger partial charge on any atom is 0.270 e. The molecule has 0 bridgehead atoms. The molecule has 15 heavy (non-hydrogen) atoms. The molecular weight excluding hydrogens is 281 g/mol. The Balaban J connectivity index is 2.79. The van der Waals surface area contributed by atoms with E-state index in [-0.39, 0.29) is 11.1 Å². The van der Waals surface area contributed by atoms with Gasteiger partial charge < -0.3 is 0 Å². The Bertz CT molecular complexity index is 368. The van der Waals surface area contributed by atoms with Crippen LogP contribution in [0.4, 0.5) is 5.69 Å². The summed E-state index contributed by atoms with van der Waals surface area (Å²) in [6.07, 6.45) is 1.68. The SMILES string of the molecule is CC(Cl)CCc1ccc([N+](=O)[O-])cc1Br. The number of alkyl halides is 1. The Morgan fingerprint density at radius 1 is 1.60 bits per heavy atom. The lowest BCUT2D eigenvalue weighted by Crippen LogP contribution is -1.96. The van der Waals surface area contributed by atoms with Crippen molar-refractivity contribution in [3.05, 3.63) is 38.3 Å². The van der Waals surface area contributed by atoms with Crippen LogP contribution in [0.25, 0.3) is 0 Å². The number of nitro groups is 1. The zero-order valence-corrected chi connectivity index (χ0v) is 10.6. The lowest BCUT2D eigenvalue weighted by molar-refractivity contribution is -0.384. The molecule has 0 radical (unpaired) electrons. The van der Waals surface area contributed by atoms with Crippen LogP contribution >= 0.6 is 27.5 Å². The molecule has 0 aromatic heterocycles. The van der Waals surface area contributed by atoms with E-state index in [0.717, 1.165) is 22.9 Å². The molecule has 1 aromatic rings. The number of benzene rings is 1. The number of hydrogen-bond donors (Lipinski definition) is 0. The van der Waals surface area contributed by atoms with E-state index >= 15 is 0 Å². The number of aryl methyl sites for hydroxylation is 1. The van der Waals surface area contributed by atoms with Crippen molar-refractivity contribution < 1.29 is 4.92 Å². The summed E-state index contributed by atoms with van der Waals surface area (Å²) in [4.78, 5) is 10.1. The van der Waals surface area contributed by atoms with Crippen molar-refractivity contribution in [1.29, 1.82) is 0 Å². The molecule has 3 nitrogen and oxygen atoms in total. The van der Waals surface area contributed by atoms with Crippen LogP contribution in [0.3, 0.4) is 0 Å². The summed E-state index contributed by atoms with van der Waals surface area (Å²) >= 11 is 9.16. The van der Waals surface area contributed by atoms with E-state index in [1.165, 1.54) is 12.1 Å². The molecule has 0 saturated heterocycles. The van der Waals surface area contributed by atoms with Gasteiger partial charge in [0.25, 0.3) is 5.69 Å². The van der Waals surface area contributed by atoms with Gasteiger partial charge in [-0.2, -0.15) is 0 Å². The van der Waals surface area contributed by atoms with Crippen molar-refractivity contribution in [3.8, 4) is 0 Å². The topological polar surface area (TPSA) is 43.1 Å². The van der Waals surface area contributed by atoms with Crippen LogP contribution in [-0.2, 0) is 6.42 Å². The van der Waals surface area contributed by atoms with Gasteiger partial charge in [-0.3, -0.25) is 10.1 Å². The summed E-state index contributed by atoms with van der Waals surface area (Å²) in [6, 6.07) is 4.80. The van der Waals surface area contributed by atoms with Crippen LogP contribution in [0.15, 0.2) is 22.7 Å². The van der Waals surface area contributed by atoms with E-state index in [9.17, 15) is 10.1 Å². The summed E-state index contributed by atoms with van der Waals surface area (Å²) in [5.41, 5.74) is 1.15. The van der Waals surface area contributed by atoms with E-state index in [1.54, 1.807) is 6.07 Å². The highest BCUT2D eigenvalue weighted by molar-refractivity contribution is 9.10. The van der Waals surface area contributed by atoms with Crippen molar-refractivity contribution in [2.24, 2.45) is 0 Å². The minimum Gasteiger partial charge on any atom is -0.258 e. The van der Waals surface area contributed by atoms with Crippen LogP contribution in [0, 0.1) is 10.1 Å². The van der Waals surface area contributed by atoms with Gasteiger partial charge in [-0.25, -0.2) is 0 Å². The lowest BCUT2D eigenvalue weighted by atomic mass is 10.1. The van der Waals surface area contributed by atoms with Crippen molar-refractivity contribution in [1.82, 2.24) is 0 Å². The van der Waals surface area contributed by atoms with Crippen LogP contribution in [0.5, 0.6) is 0 Å². The Labute approximate surface area is 102 Å². The molecule has 0 amide bonds. The summed E-state index contributed by atoms with van der Waals surface area (Å²) < 4.78 is 0.772. The van der Waals surface area contributed by atoms with E-state index in [4.69, 9.17) is 11.6 Å². The summed E-state index contributed by atoms with van der Waals surface area (Å²) in [5, 5.41) is 10.6. The zero-order valence-electron chi connectivity index (χ0n) is 8.24. The van der Waals surface area contributed by atoms with E-state index in [1.807, 2.05) is 6.92 Å². The monoisotopic (exact) mass is 291 g/mol. The molecule has 0 aliphatic carbocycles. The van der Waals surface area contributed by atoms with Crippen molar-refractivity contribution in [3.63, 3.8) is 0 Å². The summed E-state index contributed by atoms with van der Waals surface area (Å²) in [6.45, 7) is 1.93. The summed E-state index contributed by atoms with van der Waals surface area (Å²) in [5.74, 6) is 0. The quantitative estimate of drug-likeness (QED) is 0.479. The molecule has 0 aliphatic rings. The van der Waals surface area contributed by atoms with E-state index in [2.05, 4.69) is 15.9 Å². The Morgan fingerprint density at radius 3 is 2.73 bits per heavy atom. The highest BCUT2D eigenvalue weighted by Gasteiger charge is 2.09. The molecule has 82 valence electrons. The number of non-ortho nitro benzene ring substituents is 1. The van der Waals surface area contributed by atoms with Gasteiger partial charge in [0.1, 0.15) is 0 Å². The van der Waals surface area contributed by atoms with Gasteiger partial charge in [0, 0.05) is 22.0 Å². The second-order valence-electron chi connectivity index (χ2n) is 3.35. The molecule has 1 atom stereocenters. The molecule has 0 N–H and O–H groups in total. The number of rotatable bonds is 4. The molecular formula is C10H11BrClNO2. The van der Waals surface area contributed by atoms with Gasteiger partial charge in [0.2, 0.25) is 0 Å². The van der Waals surface area contributed by atoms with Gasteiger partial charge in [-0.15, -0.1) is 11.6 Å².